The summed E-state index contributed by atoms with van der Waals surface area (Å²) in [4.78, 5) is 11.9. The second-order valence-electron chi connectivity index (χ2n) is 3.94. The van der Waals surface area contributed by atoms with E-state index < -0.39 is 0 Å². The largest absolute Gasteiger partial charge is 0.392 e. The van der Waals surface area contributed by atoms with Crippen LogP contribution in [0.1, 0.15) is 28.5 Å². The number of nitrogens with one attached hydrogen (secondary N) is 2. The lowest BCUT2D eigenvalue weighted by molar-refractivity contribution is 0.102. The summed E-state index contributed by atoms with van der Waals surface area (Å²) in [5.41, 5.74) is 2.29. The average molecular weight is 245 g/mol. The second-order valence-corrected chi connectivity index (χ2v) is 3.94. The van der Waals surface area contributed by atoms with Gasteiger partial charge in [-0.05, 0) is 24.1 Å². The monoisotopic (exact) mass is 245 g/mol. The molecule has 0 saturated heterocycles. The van der Waals surface area contributed by atoms with E-state index in [1.54, 1.807) is 30.3 Å². The van der Waals surface area contributed by atoms with Crippen LogP contribution >= 0.6 is 0 Å². The first-order valence-corrected chi connectivity index (χ1v) is 5.78. The Hall–Kier alpha value is -2.14. The lowest BCUT2D eigenvalue weighted by Crippen LogP contribution is -2.12. The number of hydrogen-bond acceptors (Lipinski definition) is 3. The van der Waals surface area contributed by atoms with E-state index in [0.717, 1.165) is 17.7 Å². The van der Waals surface area contributed by atoms with Crippen molar-refractivity contribution in [3.63, 3.8) is 0 Å². The summed E-state index contributed by atoms with van der Waals surface area (Å²) in [6.45, 7) is 1.98. The molecule has 5 nitrogen and oxygen atoms in total. The molecule has 0 atom stereocenters. The highest BCUT2D eigenvalue weighted by atomic mass is 16.3. The van der Waals surface area contributed by atoms with Crippen LogP contribution in [0, 0.1) is 0 Å². The Morgan fingerprint density at radius 3 is 2.67 bits per heavy atom. The van der Waals surface area contributed by atoms with Gasteiger partial charge in [0.2, 0.25) is 0 Å². The Bertz CT molecular complexity index is 531. The summed E-state index contributed by atoms with van der Waals surface area (Å²) >= 11 is 0. The summed E-state index contributed by atoms with van der Waals surface area (Å²) in [6, 6.07) is 8.59. The van der Waals surface area contributed by atoms with Gasteiger partial charge in [-0.25, -0.2) is 0 Å². The van der Waals surface area contributed by atoms with Crippen LogP contribution in [-0.2, 0) is 13.0 Å². The third kappa shape index (κ3) is 2.75. The van der Waals surface area contributed by atoms with Crippen LogP contribution in [0.3, 0.4) is 0 Å². The van der Waals surface area contributed by atoms with Crippen molar-refractivity contribution in [1.82, 2.24) is 10.2 Å². The fraction of sp³-hybridized carbons (Fsp3) is 0.231. The standard InChI is InChI=1S/C13H15N3O2/c1-2-11-7-12(16-15-11)14-13(18)10-5-3-9(8-17)4-6-10/h3-7,17H,2,8H2,1H3,(H2,14,15,16,18). The fourth-order valence-corrected chi connectivity index (χ4v) is 1.56. The molecule has 0 radical (unpaired) electrons. The molecule has 0 aliphatic heterocycles. The number of carbonyl (C=O) groups excluding carboxylic acids is 1. The van der Waals surface area contributed by atoms with Crippen LogP contribution in [0.15, 0.2) is 30.3 Å². The summed E-state index contributed by atoms with van der Waals surface area (Å²) in [7, 11) is 0. The van der Waals surface area contributed by atoms with E-state index >= 15 is 0 Å². The van der Waals surface area contributed by atoms with Crippen LogP contribution in [0.25, 0.3) is 0 Å². The van der Waals surface area contributed by atoms with Crippen LogP contribution in [-0.4, -0.2) is 21.2 Å². The van der Waals surface area contributed by atoms with Gasteiger partial charge in [-0.15, -0.1) is 0 Å². The molecule has 0 bridgehead atoms. The molecule has 0 saturated carbocycles. The Labute approximate surface area is 105 Å². The minimum absolute atomic E-state index is 0.0267. The summed E-state index contributed by atoms with van der Waals surface area (Å²) in [6.07, 6.45) is 0.841. The zero-order chi connectivity index (χ0) is 13.0. The van der Waals surface area contributed by atoms with Gasteiger partial charge in [-0.2, -0.15) is 5.10 Å². The van der Waals surface area contributed by atoms with E-state index in [9.17, 15) is 4.79 Å². The van der Waals surface area contributed by atoms with Crippen molar-refractivity contribution in [2.75, 3.05) is 5.32 Å². The van der Waals surface area contributed by atoms with Crippen molar-refractivity contribution < 1.29 is 9.90 Å². The highest BCUT2D eigenvalue weighted by Gasteiger charge is 2.08. The predicted molar refractivity (Wildman–Crippen MR) is 68.3 cm³/mol. The van der Waals surface area contributed by atoms with Crippen molar-refractivity contribution in [2.45, 2.75) is 20.0 Å². The van der Waals surface area contributed by atoms with Gasteiger partial charge >= 0.3 is 0 Å². The van der Waals surface area contributed by atoms with Gasteiger partial charge in [-0.3, -0.25) is 9.89 Å². The maximum atomic E-state index is 11.9. The van der Waals surface area contributed by atoms with E-state index in [4.69, 9.17) is 5.11 Å². The summed E-state index contributed by atoms with van der Waals surface area (Å²) in [5, 5.41) is 18.4. The molecule has 94 valence electrons. The van der Waals surface area contributed by atoms with Crippen molar-refractivity contribution >= 4 is 11.7 Å². The number of aliphatic hydroxyl groups excluding tert-OH is 1. The molecule has 2 rings (SSSR count). The predicted octanol–water partition coefficient (Wildman–Crippen LogP) is 1.72. The number of H-pyrrole nitrogens is 1. The summed E-state index contributed by atoms with van der Waals surface area (Å²) in [5.74, 6) is 0.303. The number of aromatic amines is 1. The third-order valence-electron chi connectivity index (χ3n) is 2.65. The molecule has 2 aromatic rings. The highest BCUT2D eigenvalue weighted by Crippen LogP contribution is 2.09. The second kappa shape index (κ2) is 5.46. The third-order valence-corrected chi connectivity index (χ3v) is 2.65. The first kappa shape index (κ1) is 12.3. The first-order valence-electron chi connectivity index (χ1n) is 5.78. The molecule has 0 fully saturated rings. The van der Waals surface area contributed by atoms with Gasteiger partial charge in [-0.1, -0.05) is 19.1 Å². The molecule has 0 unspecified atom stereocenters. The maximum Gasteiger partial charge on any atom is 0.256 e. The molecule has 1 aromatic carbocycles. The molecule has 3 N–H and O–H groups in total. The topological polar surface area (TPSA) is 78.0 Å². The number of carbonyl (C=O) groups is 1. The van der Waals surface area contributed by atoms with Crippen LogP contribution in [0.5, 0.6) is 0 Å². The Morgan fingerprint density at radius 2 is 2.11 bits per heavy atom. The lowest BCUT2D eigenvalue weighted by atomic mass is 10.1. The van der Waals surface area contributed by atoms with Crippen LogP contribution < -0.4 is 5.32 Å². The van der Waals surface area contributed by atoms with E-state index in [0.29, 0.717) is 11.4 Å². The zero-order valence-corrected chi connectivity index (χ0v) is 10.1. The number of aliphatic hydroxyl groups is 1. The number of aryl methyl sites for hydroxylation is 1. The fourth-order valence-electron chi connectivity index (χ4n) is 1.56. The first-order chi connectivity index (χ1) is 8.72. The van der Waals surface area contributed by atoms with Gasteiger partial charge in [0.15, 0.2) is 5.82 Å². The van der Waals surface area contributed by atoms with Gasteiger partial charge in [0, 0.05) is 17.3 Å². The van der Waals surface area contributed by atoms with Gasteiger partial charge < -0.3 is 10.4 Å². The molecule has 1 aromatic heterocycles. The molecule has 0 aliphatic carbocycles. The molecule has 1 heterocycles. The molecule has 5 heteroatoms. The van der Waals surface area contributed by atoms with Crippen molar-refractivity contribution in [3.05, 3.63) is 47.2 Å². The maximum absolute atomic E-state index is 11.9. The van der Waals surface area contributed by atoms with E-state index in [2.05, 4.69) is 15.5 Å². The number of anilines is 1. The molecule has 18 heavy (non-hydrogen) atoms. The number of rotatable bonds is 4. The molecular weight excluding hydrogens is 230 g/mol. The van der Waals surface area contributed by atoms with Crippen molar-refractivity contribution in [1.29, 1.82) is 0 Å². The zero-order valence-electron chi connectivity index (χ0n) is 10.1. The minimum Gasteiger partial charge on any atom is -0.392 e. The van der Waals surface area contributed by atoms with Crippen LogP contribution in [0.2, 0.25) is 0 Å². The smallest absolute Gasteiger partial charge is 0.256 e. The van der Waals surface area contributed by atoms with E-state index in [1.807, 2.05) is 6.92 Å². The number of amides is 1. The molecular formula is C13H15N3O2. The van der Waals surface area contributed by atoms with E-state index in [-0.39, 0.29) is 12.5 Å². The number of hydrogen-bond donors (Lipinski definition) is 3. The Morgan fingerprint density at radius 1 is 1.39 bits per heavy atom. The van der Waals surface area contributed by atoms with Gasteiger partial charge in [0.25, 0.3) is 5.91 Å². The van der Waals surface area contributed by atoms with Crippen molar-refractivity contribution in [2.24, 2.45) is 0 Å². The Balaban J connectivity index is 2.06. The number of nitrogens with zero attached hydrogens (tertiary/aromatic N) is 1. The highest BCUT2D eigenvalue weighted by molar-refractivity contribution is 6.03. The lowest BCUT2D eigenvalue weighted by Gasteiger charge is -2.02. The van der Waals surface area contributed by atoms with Gasteiger partial charge in [0.1, 0.15) is 0 Å². The average Bonchev–Trinajstić information content (AvgIpc) is 2.86. The summed E-state index contributed by atoms with van der Waals surface area (Å²) < 4.78 is 0. The Kier molecular flexibility index (Phi) is 3.74. The normalized spacial score (nSPS) is 10.3. The minimum atomic E-state index is -0.214. The number of aromatic nitrogens is 2. The number of benzene rings is 1. The quantitative estimate of drug-likeness (QED) is 0.767. The van der Waals surface area contributed by atoms with Crippen molar-refractivity contribution in [3.8, 4) is 0 Å². The SMILES string of the molecule is CCc1cc(NC(=O)c2ccc(CO)cc2)n[nH]1. The van der Waals surface area contributed by atoms with E-state index in [1.165, 1.54) is 0 Å². The molecule has 0 spiro atoms. The van der Waals surface area contributed by atoms with Crippen LogP contribution in [0.4, 0.5) is 5.82 Å². The molecule has 0 aliphatic rings. The molecule has 1 amide bonds. The van der Waals surface area contributed by atoms with Gasteiger partial charge in [0.05, 0.1) is 6.61 Å².